The van der Waals surface area contributed by atoms with Crippen molar-refractivity contribution in [2.75, 3.05) is 24.3 Å². The molecule has 0 saturated heterocycles. The van der Waals surface area contributed by atoms with Gasteiger partial charge in [-0.1, -0.05) is 6.07 Å². The van der Waals surface area contributed by atoms with E-state index in [4.69, 9.17) is 0 Å². The molecule has 24 heavy (non-hydrogen) atoms. The summed E-state index contributed by atoms with van der Waals surface area (Å²) in [5, 5.41) is 12.1. The van der Waals surface area contributed by atoms with Crippen LogP contribution in [0.5, 0.6) is 0 Å². The molecule has 0 radical (unpaired) electrons. The van der Waals surface area contributed by atoms with Crippen LogP contribution in [0.1, 0.15) is 0 Å². The van der Waals surface area contributed by atoms with Crippen molar-refractivity contribution in [3.05, 3.63) is 59.6 Å². The molecule has 0 bridgehead atoms. The van der Waals surface area contributed by atoms with E-state index in [0.717, 1.165) is 34.0 Å². The quantitative estimate of drug-likeness (QED) is 0.605. The van der Waals surface area contributed by atoms with Crippen LogP contribution in [-0.4, -0.2) is 28.7 Å². The van der Waals surface area contributed by atoms with E-state index < -0.39 is 0 Å². The first-order chi connectivity index (χ1) is 11.7. The fourth-order valence-corrected chi connectivity index (χ4v) is 3.27. The van der Waals surface area contributed by atoms with E-state index >= 15 is 0 Å². The van der Waals surface area contributed by atoms with Crippen LogP contribution in [-0.2, 0) is 0 Å². The number of aromatic nitrogens is 3. The Balaban J connectivity index is 1.74. The lowest BCUT2D eigenvalue weighted by Gasteiger charge is -2.14. The fourth-order valence-electron chi connectivity index (χ4n) is 2.62. The van der Waals surface area contributed by atoms with E-state index in [2.05, 4.69) is 49.3 Å². The lowest BCUT2D eigenvalue weighted by Crippen LogP contribution is -2.08. The fraction of sp³-hybridized carbons (Fsp3) is 0.111. The topological polar surface area (TPSA) is 45.5 Å². The molecule has 0 saturated carbocycles. The first kappa shape index (κ1) is 14.7. The molecule has 1 aromatic carbocycles. The Hall–Kier alpha value is -2.86. The number of hydrogen-bond donors (Lipinski definition) is 1. The van der Waals surface area contributed by atoms with Crippen LogP contribution in [0, 0.1) is 0 Å². The van der Waals surface area contributed by atoms with Gasteiger partial charge in [0.2, 0.25) is 0 Å². The Morgan fingerprint density at radius 1 is 1.17 bits per heavy atom. The van der Waals surface area contributed by atoms with Gasteiger partial charge in [-0.15, -0.1) is 0 Å². The van der Waals surface area contributed by atoms with Gasteiger partial charge in [0.05, 0.1) is 6.20 Å². The molecule has 5 nitrogen and oxygen atoms in total. The van der Waals surface area contributed by atoms with Crippen LogP contribution in [0.15, 0.2) is 59.6 Å². The molecule has 3 aromatic heterocycles. The summed E-state index contributed by atoms with van der Waals surface area (Å²) in [7, 11) is 4.06. The standard InChI is InChI=1S/C18H17N5S/c1-22(2)15-5-3-4-14(10-15)21-17-6-8-19-18-16(11-20-23(17)18)13-7-9-24-12-13/h3-12,21H,1-2H3. The first-order valence-electron chi connectivity index (χ1n) is 7.62. The van der Waals surface area contributed by atoms with Crippen molar-refractivity contribution < 1.29 is 0 Å². The molecule has 0 spiro atoms. The van der Waals surface area contributed by atoms with Crippen molar-refractivity contribution in [2.45, 2.75) is 0 Å². The van der Waals surface area contributed by atoms with Crippen LogP contribution >= 0.6 is 11.3 Å². The number of anilines is 3. The van der Waals surface area contributed by atoms with Gasteiger partial charge in [0.25, 0.3) is 0 Å². The summed E-state index contributed by atoms with van der Waals surface area (Å²) >= 11 is 1.67. The summed E-state index contributed by atoms with van der Waals surface area (Å²) in [6.45, 7) is 0. The minimum Gasteiger partial charge on any atom is -0.378 e. The zero-order chi connectivity index (χ0) is 16.5. The largest absolute Gasteiger partial charge is 0.378 e. The van der Waals surface area contributed by atoms with Crippen molar-refractivity contribution >= 4 is 34.2 Å². The molecule has 3 heterocycles. The second-order valence-corrected chi connectivity index (χ2v) is 6.49. The molecule has 0 aliphatic rings. The lowest BCUT2D eigenvalue weighted by atomic mass is 10.2. The minimum atomic E-state index is 0.849. The molecule has 0 aliphatic carbocycles. The molecule has 0 unspecified atom stereocenters. The van der Waals surface area contributed by atoms with Gasteiger partial charge in [-0.25, -0.2) is 4.98 Å². The van der Waals surface area contributed by atoms with E-state index in [1.807, 2.05) is 49.2 Å². The molecule has 4 rings (SSSR count). The van der Waals surface area contributed by atoms with Gasteiger partial charge in [-0.05, 0) is 46.7 Å². The second-order valence-electron chi connectivity index (χ2n) is 5.71. The van der Waals surface area contributed by atoms with Crippen LogP contribution in [0.2, 0.25) is 0 Å². The van der Waals surface area contributed by atoms with Crippen molar-refractivity contribution in [3.8, 4) is 11.1 Å². The monoisotopic (exact) mass is 335 g/mol. The van der Waals surface area contributed by atoms with Gasteiger partial charge >= 0.3 is 0 Å². The highest BCUT2D eigenvalue weighted by Crippen LogP contribution is 2.28. The molecule has 6 heteroatoms. The minimum absolute atomic E-state index is 0.849. The molecule has 0 fully saturated rings. The number of nitrogens with one attached hydrogen (secondary N) is 1. The van der Waals surface area contributed by atoms with Gasteiger partial charge in [0.1, 0.15) is 5.82 Å². The molecule has 0 aliphatic heterocycles. The first-order valence-corrected chi connectivity index (χ1v) is 8.56. The van der Waals surface area contributed by atoms with Crippen molar-refractivity contribution in [1.29, 1.82) is 0 Å². The maximum atomic E-state index is 4.51. The second kappa shape index (κ2) is 5.98. The van der Waals surface area contributed by atoms with E-state index in [9.17, 15) is 0 Å². The van der Waals surface area contributed by atoms with Crippen molar-refractivity contribution in [2.24, 2.45) is 0 Å². The van der Waals surface area contributed by atoms with E-state index in [1.54, 1.807) is 11.3 Å². The SMILES string of the molecule is CN(C)c1cccc(Nc2ccnc3c(-c4ccsc4)cnn23)c1. The summed E-state index contributed by atoms with van der Waals surface area (Å²) in [6, 6.07) is 12.3. The summed E-state index contributed by atoms with van der Waals surface area (Å²) in [5.41, 5.74) is 5.20. The van der Waals surface area contributed by atoms with E-state index in [-0.39, 0.29) is 0 Å². The van der Waals surface area contributed by atoms with Crippen LogP contribution < -0.4 is 10.2 Å². The van der Waals surface area contributed by atoms with Crippen molar-refractivity contribution in [3.63, 3.8) is 0 Å². The average molecular weight is 335 g/mol. The highest BCUT2D eigenvalue weighted by molar-refractivity contribution is 7.08. The Bertz CT molecular complexity index is 972. The summed E-state index contributed by atoms with van der Waals surface area (Å²) < 4.78 is 1.84. The molecule has 0 atom stereocenters. The third-order valence-electron chi connectivity index (χ3n) is 3.87. The summed E-state index contributed by atoms with van der Waals surface area (Å²) in [6.07, 6.45) is 3.68. The highest BCUT2D eigenvalue weighted by Gasteiger charge is 2.11. The molecule has 0 amide bonds. The Morgan fingerprint density at radius 2 is 2.08 bits per heavy atom. The maximum absolute atomic E-state index is 4.51. The molecular weight excluding hydrogens is 318 g/mol. The Morgan fingerprint density at radius 3 is 2.88 bits per heavy atom. The predicted molar refractivity (Wildman–Crippen MR) is 100 cm³/mol. The molecule has 1 N–H and O–H groups in total. The lowest BCUT2D eigenvalue weighted by molar-refractivity contribution is 0.947. The number of hydrogen-bond acceptors (Lipinski definition) is 5. The molecule has 120 valence electrons. The number of rotatable bonds is 4. The number of nitrogens with zero attached hydrogens (tertiary/aromatic N) is 4. The third-order valence-corrected chi connectivity index (χ3v) is 4.55. The molecule has 4 aromatic rings. The Kier molecular flexibility index (Phi) is 3.66. The van der Waals surface area contributed by atoms with Gasteiger partial charge in [-0.3, -0.25) is 0 Å². The number of thiophene rings is 1. The van der Waals surface area contributed by atoms with E-state index in [0.29, 0.717) is 0 Å². The zero-order valence-electron chi connectivity index (χ0n) is 13.5. The van der Waals surface area contributed by atoms with E-state index in [1.165, 1.54) is 0 Å². The third kappa shape index (κ3) is 2.61. The van der Waals surface area contributed by atoms with Gasteiger partial charge in [-0.2, -0.15) is 21.0 Å². The van der Waals surface area contributed by atoms with Crippen LogP contribution in [0.4, 0.5) is 17.2 Å². The normalized spacial score (nSPS) is 10.9. The van der Waals surface area contributed by atoms with Gasteiger partial charge in [0, 0.05) is 37.2 Å². The number of fused-ring (bicyclic) bond motifs is 1. The van der Waals surface area contributed by atoms with Crippen LogP contribution in [0.25, 0.3) is 16.8 Å². The maximum Gasteiger partial charge on any atom is 0.165 e. The smallest absolute Gasteiger partial charge is 0.165 e. The van der Waals surface area contributed by atoms with Gasteiger partial charge in [0.15, 0.2) is 5.65 Å². The summed E-state index contributed by atoms with van der Waals surface area (Å²) in [4.78, 5) is 6.58. The molecular formula is C18H17N5S. The van der Waals surface area contributed by atoms with Crippen molar-refractivity contribution in [1.82, 2.24) is 14.6 Å². The average Bonchev–Trinajstić information content (AvgIpc) is 3.24. The highest BCUT2D eigenvalue weighted by atomic mass is 32.1. The van der Waals surface area contributed by atoms with Gasteiger partial charge < -0.3 is 10.2 Å². The predicted octanol–water partition coefficient (Wildman–Crippen LogP) is 4.27. The summed E-state index contributed by atoms with van der Waals surface area (Å²) in [5.74, 6) is 0.886. The zero-order valence-corrected chi connectivity index (χ0v) is 14.3. The van der Waals surface area contributed by atoms with Crippen LogP contribution in [0.3, 0.4) is 0 Å². The number of benzene rings is 1. The Labute approximate surface area is 144 Å².